The molecule has 2 aromatic heterocycles. The zero-order valence-corrected chi connectivity index (χ0v) is 17.4. The second-order valence-electron chi connectivity index (χ2n) is 8.53. The molecule has 1 spiro atoms. The van der Waals surface area contributed by atoms with Crippen LogP contribution in [0.3, 0.4) is 0 Å². The number of amides is 1. The van der Waals surface area contributed by atoms with Gasteiger partial charge in [-0.25, -0.2) is 0 Å². The number of para-hydroxylation sites is 1. The SMILES string of the molecule is CN(CC(=O)N1CCC2(CC1)OCCc1c2[nH]c2ccccc12)Cc1ccncc1. The van der Waals surface area contributed by atoms with Crippen LogP contribution >= 0.6 is 0 Å². The largest absolute Gasteiger partial charge is 0.368 e. The normalized spacial score (nSPS) is 18.1. The molecule has 3 aromatic rings. The first-order valence-electron chi connectivity index (χ1n) is 10.7. The molecule has 0 saturated carbocycles. The minimum atomic E-state index is -0.285. The van der Waals surface area contributed by atoms with Crippen LogP contribution in [0.15, 0.2) is 48.8 Å². The summed E-state index contributed by atoms with van der Waals surface area (Å²) in [5, 5.41) is 1.31. The fraction of sp³-hybridized carbons (Fsp3) is 0.417. The van der Waals surface area contributed by atoms with E-state index in [4.69, 9.17) is 4.74 Å². The standard InChI is InChI=1S/C24H28N4O2/c1-27(16-18-6-11-25-12-7-18)17-22(29)28-13-9-24(10-14-28)23-20(8-15-30-24)19-4-2-3-5-21(19)26-23/h2-7,11-12,26H,8-10,13-17H2,1H3. The van der Waals surface area contributed by atoms with Crippen LogP contribution in [-0.2, 0) is 28.1 Å². The van der Waals surface area contributed by atoms with Gasteiger partial charge in [0, 0.05) is 42.9 Å². The van der Waals surface area contributed by atoms with Crippen molar-refractivity contribution in [2.24, 2.45) is 0 Å². The van der Waals surface area contributed by atoms with Crippen LogP contribution in [0.1, 0.15) is 29.7 Å². The summed E-state index contributed by atoms with van der Waals surface area (Å²) in [5.41, 5.74) is 4.70. The van der Waals surface area contributed by atoms with Gasteiger partial charge in [0.1, 0.15) is 5.60 Å². The van der Waals surface area contributed by atoms with E-state index in [1.165, 1.54) is 27.7 Å². The van der Waals surface area contributed by atoms with Gasteiger partial charge in [-0.15, -0.1) is 0 Å². The lowest BCUT2D eigenvalue weighted by Gasteiger charge is -2.44. The minimum absolute atomic E-state index is 0.189. The van der Waals surface area contributed by atoms with Crippen molar-refractivity contribution in [1.82, 2.24) is 19.8 Å². The van der Waals surface area contributed by atoms with Crippen molar-refractivity contribution in [3.8, 4) is 0 Å². The fourth-order valence-corrected chi connectivity index (χ4v) is 4.97. The topological polar surface area (TPSA) is 61.5 Å². The maximum atomic E-state index is 12.9. The Balaban J connectivity index is 1.25. The summed E-state index contributed by atoms with van der Waals surface area (Å²) in [7, 11) is 1.99. The maximum absolute atomic E-state index is 12.9. The second kappa shape index (κ2) is 7.85. The Kier molecular flexibility index (Phi) is 5.05. The molecule has 1 fully saturated rings. The first-order valence-corrected chi connectivity index (χ1v) is 10.7. The van der Waals surface area contributed by atoms with Crippen molar-refractivity contribution >= 4 is 16.8 Å². The molecule has 0 radical (unpaired) electrons. The van der Waals surface area contributed by atoms with Gasteiger partial charge in [-0.1, -0.05) is 18.2 Å². The number of H-pyrrole nitrogens is 1. The Morgan fingerprint density at radius 1 is 1.20 bits per heavy atom. The van der Waals surface area contributed by atoms with Crippen molar-refractivity contribution in [1.29, 1.82) is 0 Å². The Hall–Kier alpha value is -2.70. The van der Waals surface area contributed by atoms with Crippen LogP contribution in [0, 0.1) is 0 Å². The van der Waals surface area contributed by atoms with Gasteiger partial charge in [0.15, 0.2) is 0 Å². The average Bonchev–Trinajstić information content (AvgIpc) is 3.15. The van der Waals surface area contributed by atoms with Gasteiger partial charge >= 0.3 is 0 Å². The van der Waals surface area contributed by atoms with Gasteiger partial charge in [-0.2, -0.15) is 0 Å². The number of likely N-dealkylation sites (N-methyl/N-ethyl adjacent to an activating group) is 1. The van der Waals surface area contributed by atoms with Crippen LogP contribution in [0.25, 0.3) is 10.9 Å². The van der Waals surface area contributed by atoms with E-state index in [1.807, 2.05) is 24.1 Å². The molecule has 2 aliphatic rings. The quantitative estimate of drug-likeness (QED) is 0.726. The summed E-state index contributed by atoms with van der Waals surface area (Å²) >= 11 is 0. The van der Waals surface area contributed by atoms with Gasteiger partial charge < -0.3 is 14.6 Å². The predicted molar refractivity (Wildman–Crippen MR) is 116 cm³/mol. The van der Waals surface area contributed by atoms with E-state index in [-0.39, 0.29) is 11.5 Å². The number of likely N-dealkylation sites (tertiary alicyclic amines) is 1. The Morgan fingerprint density at radius 3 is 2.77 bits per heavy atom. The summed E-state index contributed by atoms with van der Waals surface area (Å²) in [5.74, 6) is 0.189. The van der Waals surface area contributed by atoms with Crippen LogP contribution < -0.4 is 0 Å². The molecule has 6 nitrogen and oxygen atoms in total. The summed E-state index contributed by atoms with van der Waals surface area (Å²) < 4.78 is 6.37. The van der Waals surface area contributed by atoms with Crippen molar-refractivity contribution < 1.29 is 9.53 Å². The molecule has 0 bridgehead atoms. The van der Waals surface area contributed by atoms with Gasteiger partial charge in [0.05, 0.1) is 18.8 Å². The lowest BCUT2D eigenvalue weighted by atomic mass is 9.83. The fourth-order valence-electron chi connectivity index (χ4n) is 4.97. The first-order chi connectivity index (χ1) is 14.6. The molecule has 0 atom stereocenters. The van der Waals surface area contributed by atoms with Crippen LogP contribution in [0.2, 0.25) is 0 Å². The highest BCUT2D eigenvalue weighted by Gasteiger charge is 2.43. The number of nitrogens with one attached hydrogen (secondary N) is 1. The van der Waals surface area contributed by atoms with Gasteiger partial charge in [-0.05, 0) is 55.6 Å². The molecule has 1 aromatic carbocycles. The number of aromatic amines is 1. The lowest BCUT2D eigenvalue weighted by molar-refractivity contribution is -0.142. The van der Waals surface area contributed by atoms with Gasteiger partial charge in [0.25, 0.3) is 0 Å². The zero-order valence-electron chi connectivity index (χ0n) is 17.4. The number of pyridine rings is 1. The van der Waals surface area contributed by atoms with Crippen molar-refractivity contribution in [2.75, 3.05) is 33.3 Å². The van der Waals surface area contributed by atoms with Crippen LogP contribution in [-0.4, -0.2) is 59.0 Å². The Bertz CT molecular complexity index is 1040. The third-order valence-corrected chi connectivity index (χ3v) is 6.53. The molecular formula is C24H28N4O2. The molecule has 1 N–H and O–H groups in total. The molecule has 4 heterocycles. The van der Waals surface area contributed by atoms with Crippen molar-refractivity contribution in [2.45, 2.75) is 31.4 Å². The molecule has 30 heavy (non-hydrogen) atoms. The first kappa shape index (κ1) is 19.3. The van der Waals surface area contributed by atoms with E-state index in [0.29, 0.717) is 6.54 Å². The zero-order chi connectivity index (χ0) is 20.6. The number of carbonyl (C=O) groups excluding carboxylic acids is 1. The molecular weight excluding hydrogens is 376 g/mol. The van der Waals surface area contributed by atoms with Gasteiger partial charge in [0.2, 0.25) is 5.91 Å². The molecule has 1 amide bonds. The van der Waals surface area contributed by atoms with E-state index in [1.54, 1.807) is 12.4 Å². The number of hydrogen-bond donors (Lipinski definition) is 1. The highest BCUT2D eigenvalue weighted by molar-refractivity contribution is 5.85. The number of hydrogen-bond acceptors (Lipinski definition) is 4. The molecule has 2 aliphatic heterocycles. The number of piperidine rings is 1. The summed E-state index contributed by atoms with van der Waals surface area (Å²) in [6, 6.07) is 12.5. The Morgan fingerprint density at radius 2 is 1.97 bits per heavy atom. The lowest BCUT2D eigenvalue weighted by Crippen LogP contribution is -2.50. The van der Waals surface area contributed by atoms with Crippen LogP contribution in [0.4, 0.5) is 0 Å². The predicted octanol–water partition coefficient (Wildman–Crippen LogP) is 3.09. The molecule has 1 saturated heterocycles. The summed E-state index contributed by atoms with van der Waals surface area (Å²) in [6.07, 6.45) is 6.21. The average molecular weight is 405 g/mol. The number of nitrogens with zero attached hydrogens (tertiary/aromatic N) is 3. The number of fused-ring (bicyclic) bond motifs is 4. The summed E-state index contributed by atoms with van der Waals surface area (Å²) in [4.78, 5) is 24.6. The highest BCUT2D eigenvalue weighted by Crippen LogP contribution is 2.43. The highest BCUT2D eigenvalue weighted by atomic mass is 16.5. The van der Waals surface area contributed by atoms with Crippen molar-refractivity contribution in [3.05, 3.63) is 65.6 Å². The van der Waals surface area contributed by atoms with E-state index >= 15 is 0 Å². The third kappa shape index (κ3) is 3.50. The van der Waals surface area contributed by atoms with Crippen LogP contribution in [0.5, 0.6) is 0 Å². The molecule has 156 valence electrons. The number of ether oxygens (including phenoxy) is 1. The Labute approximate surface area is 176 Å². The second-order valence-corrected chi connectivity index (χ2v) is 8.53. The van der Waals surface area contributed by atoms with E-state index < -0.39 is 0 Å². The number of benzene rings is 1. The number of rotatable bonds is 4. The molecule has 5 rings (SSSR count). The molecule has 0 unspecified atom stereocenters. The molecule has 0 aliphatic carbocycles. The van der Waals surface area contributed by atoms with E-state index in [9.17, 15) is 4.79 Å². The smallest absolute Gasteiger partial charge is 0.236 e. The molecule has 6 heteroatoms. The van der Waals surface area contributed by atoms with E-state index in [0.717, 1.165) is 45.5 Å². The summed E-state index contributed by atoms with van der Waals surface area (Å²) in [6.45, 7) is 3.38. The maximum Gasteiger partial charge on any atom is 0.236 e. The monoisotopic (exact) mass is 404 g/mol. The van der Waals surface area contributed by atoms with Crippen molar-refractivity contribution in [3.63, 3.8) is 0 Å². The minimum Gasteiger partial charge on any atom is -0.368 e. The third-order valence-electron chi connectivity index (χ3n) is 6.53. The van der Waals surface area contributed by atoms with Gasteiger partial charge in [-0.3, -0.25) is 14.7 Å². The number of carbonyl (C=O) groups is 1. The number of aromatic nitrogens is 2. The van der Waals surface area contributed by atoms with E-state index in [2.05, 4.69) is 39.1 Å².